The number of primary amides is 1. The minimum absolute atomic E-state index is 0.0185. The monoisotopic (exact) mass is 1530 g/mol. The zero-order valence-electron chi connectivity index (χ0n) is 60.3. The topological polar surface area (TPSA) is 424 Å². The van der Waals surface area contributed by atoms with Gasteiger partial charge in [0.15, 0.2) is 0 Å². The lowest BCUT2D eigenvalue weighted by atomic mass is 9.91. The number of rotatable bonds is 16. The Hall–Kier alpha value is -9.63. The van der Waals surface area contributed by atoms with Gasteiger partial charge in [-0.1, -0.05) is 68.5 Å². The zero-order valence-corrected chi connectivity index (χ0v) is 62.0. The third-order valence-electron chi connectivity index (χ3n) is 20.2. The number of fused-ring (bicyclic) bond motifs is 5. The van der Waals surface area contributed by atoms with Crippen LogP contribution in [0.1, 0.15) is 124 Å². The average molecular weight is 1530 g/mol. The van der Waals surface area contributed by atoms with Crippen molar-refractivity contribution in [2.75, 3.05) is 44.8 Å². The number of unbranched alkanes of at least 4 members (excludes halogenated alkanes) is 1. The van der Waals surface area contributed by atoms with Gasteiger partial charge in [-0.25, -0.2) is 8.78 Å². The summed E-state index contributed by atoms with van der Waals surface area (Å²) < 4.78 is 35.5. The van der Waals surface area contributed by atoms with Gasteiger partial charge in [-0.05, 0) is 134 Å². The highest BCUT2D eigenvalue weighted by Crippen LogP contribution is 2.30. The van der Waals surface area contributed by atoms with E-state index in [-0.39, 0.29) is 61.8 Å². The molecule has 28 nitrogen and oxygen atoms in total. The first-order chi connectivity index (χ1) is 52.0. The molecule has 108 heavy (non-hydrogen) atoms. The van der Waals surface area contributed by atoms with Gasteiger partial charge >= 0.3 is 5.97 Å². The number of hydrogen-bond donors (Lipinski definition) is 15. The molecule has 1 saturated carbocycles. The number of nitrogens with one attached hydrogen (secondary N) is 12. The molecule has 2 saturated heterocycles. The molecule has 1 aliphatic carbocycles. The number of amides is 10. The van der Waals surface area contributed by atoms with Crippen LogP contribution in [0.4, 0.5) is 8.78 Å². The van der Waals surface area contributed by atoms with Crippen LogP contribution in [-0.2, 0) is 83.5 Å². The number of carboxylic acids is 1. The Balaban J connectivity index is 0.997. The Bertz CT molecular complexity index is 4190. The lowest BCUT2D eigenvalue weighted by molar-refractivity contribution is -0.143. The number of nitrogens with two attached hydrogens (primary N) is 2. The van der Waals surface area contributed by atoms with Crippen LogP contribution in [0.15, 0.2) is 97.3 Å². The van der Waals surface area contributed by atoms with Gasteiger partial charge in [0.25, 0.3) is 0 Å². The van der Waals surface area contributed by atoms with E-state index in [4.69, 9.17) is 16.2 Å². The van der Waals surface area contributed by atoms with Crippen molar-refractivity contribution in [3.8, 4) is 5.75 Å². The van der Waals surface area contributed by atoms with E-state index in [9.17, 15) is 38.3 Å². The van der Waals surface area contributed by atoms with Gasteiger partial charge in [-0.3, -0.25) is 63.4 Å². The predicted octanol–water partition coefficient (Wildman–Crippen LogP) is 3.52. The first-order valence-electron chi connectivity index (χ1n) is 36.8. The summed E-state index contributed by atoms with van der Waals surface area (Å²) in [6.45, 7) is -0.0241. The number of halogens is 2. The van der Waals surface area contributed by atoms with Gasteiger partial charge in [0, 0.05) is 102 Å². The minimum atomic E-state index is -2.00. The second-order valence-corrected chi connectivity index (χ2v) is 30.3. The van der Waals surface area contributed by atoms with E-state index >= 15 is 28.4 Å². The number of aromatic nitrogens is 2. The summed E-state index contributed by atoms with van der Waals surface area (Å²) in [6.07, 6.45) is 8.87. The molecule has 3 fully saturated rings. The molecule has 9 atom stereocenters. The molecule has 0 radical (unpaired) electrons. The Morgan fingerprint density at radius 3 is 1.86 bits per heavy atom. The Morgan fingerprint density at radius 1 is 0.630 bits per heavy atom. The number of nitrogens with zero attached hydrogens (tertiary/aromatic N) is 1. The maximum Gasteiger partial charge on any atom is 0.305 e. The number of carbonyl (C=O) groups is 11. The van der Waals surface area contributed by atoms with Crippen molar-refractivity contribution < 1.29 is 71.4 Å². The second-order valence-electron chi connectivity index (χ2n) is 28.2. The van der Waals surface area contributed by atoms with Crippen LogP contribution in [0.5, 0.6) is 5.75 Å². The fourth-order valence-corrected chi connectivity index (χ4v) is 16.4. The normalized spacial score (nSPS) is 24.2. The van der Waals surface area contributed by atoms with Gasteiger partial charge < -0.3 is 78.7 Å². The summed E-state index contributed by atoms with van der Waals surface area (Å²) >= 11 is 2.83. The molecular formula is C76H97F2N15O13S2. The van der Waals surface area contributed by atoms with Crippen LogP contribution in [0.25, 0.3) is 21.8 Å². The van der Waals surface area contributed by atoms with E-state index in [0.717, 1.165) is 56.1 Å². The maximum atomic E-state index is 15.5. The standard InChI is InChI=1S/C76H97F2N15O13S2/c1-106-52-19-15-44(16-20-52)30-62-75(105)93-27-10-14-64(93)74(104)91-63(68(80)98)43-108-42-46-12-9-11-45(29-46)41-107-28-23-65(94)85-57(13-5-8-26-79)69(99)83-40-66(95)86-58(31-47-37-81-55-21-17-49(77)33-53(47)55)70(100)87-59(32-48-38-82-56-22-18-50(78)34-54(48)56)71(101)89-61(36-67(96)97)73(103)88-60(72(102)90-62)35-51-39-84-76(92-51)24-6-3-2-4-7-25-76/h9,11-12,15-22,29,33-34,37-38,51,57-64,81-82,84,92H,2-8,10,13-14,23-28,30-32,35-36,39-43,79H2,1H3,(H2,80,98)(H,83,99)(H,85,94)(H,86,95)(H,87,100)(H,88,103)(H,89,101)(H,90,102)(H,91,104)(H,96,97)/t51?,57-,58-,59-,60-,61-,62-,63-,64-/m0/s1. The van der Waals surface area contributed by atoms with E-state index in [0.29, 0.717) is 82.9 Å². The Labute approximate surface area is 632 Å². The molecule has 32 heteroatoms. The summed E-state index contributed by atoms with van der Waals surface area (Å²) in [4.78, 5) is 166. The molecule has 3 aliphatic heterocycles. The number of carboxylic acid groups (broad SMARTS) is 1. The van der Waals surface area contributed by atoms with Gasteiger partial charge in [0.2, 0.25) is 59.1 Å². The van der Waals surface area contributed by atoms with Crippen molar-refractivity contribution >= 4 is 110 Å². The van der Waals surface area contributed by atoms with E-state index in [1.807, 2.05) is 24.3 Å². The van der Waals surface area contributed by atoms with Crippen molar-refractivity contribution in [1.82, 2.24) is 68.0 Å². The molecule has 580 valence electrons. The molecule has 10 rings (SSSR count). The van der Waals surface area contributed by atoms with Gasteiger partial charge in [0.1, 0.15) is 65.7 Å². The number of aliphatic carboxylic acids is 1. The van der Waals surface area contributed by atoms with Crippen molar-refractivity contribution in [1.29, 1.82) is 0 Å². The fraction of sp³-hybridized carbons (Fsp3) is 0.487. The summed E-state index contributed by atoms with van der Waals surface area (Å²) in [5, 5.41) is 40.1. The molecular weight excluding hydrogens is 1430 g/mol. The number of benzene rings is 4. The fourth-order valence-electron chi connectivity index (χ4n) is 14.5. The number of hydrogen-bond acceptors (Lipinski definition) is 17. The van der Waals surface area contributed by atoms with Crippen molar-refractivity contribution in [2.24, 2.45) is 11.5 Å². The zero-order chi connectivity index (χ0) is 76.9. The summed E-state index contributed by atoms with van der Waals surface area (Å²) in [5.41, 5.74) is 15.1. The lowest BCUT2D eigenvalue weighted by Crippen LogP contribution is -2.61. The number of H-pyrrole nitrogens is 2. The highest BCUT2D eigenvalue weighted by molar-refractivity contribution is 7.98. The number of aromatic amines is 2. The van der Waals surface area contributed by atoms with Crippen LogP contribution in [-0.4, -0.2) is 190 Å². The number of methoxy groups -OCH3 is 1. The SMILES string of the molecule is COc1ccc(C[C@@H]2NC(=O)[C@H](CC3CNC4(CCCCCCC4)N3)NC(=O)[C@H](CC(=O)O)NC(=O)[C@H](Cc3c[nH]c4ccc(F)cc34)NC(=O)[C@H](Cc3c[nH]c4ccc(F)cc34)NC(=O)CNC(=O)[C@H](CCCCN)NC(=O)CCSCc3cccc(c3)CSC[C@@H](C(N)=O)NC(=O)[C@@H]3CCCN3C2=O)cc1. The van der Waals surface area contributed by atoms with Crippen LogP contribution in [0, 0.1) is 11.6 Å². The highest BCUT2D eigenvalue weighted by atomic mass is 32.2. The molecule has 1 spiro atoms. The van der Waals surface area contributed by atoms with Crippen molar-refractivity contribution in [3.63, 3.8) is 0 Å². The van der Waals surface area contributed by atoms with Gasteiger partial charge in [-0.2, -0.15) is 23.5 Å². The van der Waals surface area contributed by atoms with Crippen molar-refractivity contribution in [3.05, 3.63) is 137 Å². The highest BCUT2D eigenvalue weighted by Gasteiger charge is 2.43. The van der Waals surface area contributed by atoms with Crippen LogP contribution >= 0.6 is 23.5 Å². The van der Waals surface area contributed by atoms with Gasteiger partial charge in [-0.15, -0.1) is 0 Å². The van der Waals surface area contributed by atoms with E-state index in [2.05, 4.69) is 63.1 Å². The number of thioether (sulfide) groups is 2. The summed E-state index contributed by atoms with van der Waals surface area (Å²) in [5.74, 6) is -9.44. The molecule has 10 amide bonds. The molecule has 5 heterocycles. The number of carbonyl (C=O) groups excluding carboxylic acids is 10. The van der Waals surface area contributed by atoms with Gasteiger partial charge in [0.05, 0.1) is 25.7 Å². The summed E-state index contributed by atoms with van der Waals surface area (Å²) in [7, 11) is 1.49. The van der Waals surface area contributed by atoms with Crippen LogP contribution in [0.3, 0.4) is 0 Å². The number of ether oxygens (including phenoxy) is 1. The minimum Gasteiger partial charge on any atom is -0.497 e. The largest absolute Gasteiger partial charge is 0.497 e. The molecule has 1 unspecified atom stereocenters. The molecule has 2 bridgehead atoms. The first-order valence-corrected chi connectivity index (χ1v) is 39.1. The third-order valence-corrected chi connectivity index (χ3v) is 22.3. The molecule has 6 aromatic rings. The van der Waals surface area contributed by atoms with Crippen molar-refractivity contribution in [2.45, 2.75) is 187 Å². The first kappa shape index (κ1) is 80.9. The van der Waals surface area contributed by atoms with E-state index in [1.54, 1.807) is 24.3 Å². The maximum absolute atomic E-state index is 15.5. The second kappa shape index (κ2) is 39.0. The molecule has 4 aliphatic rings. The lowest BCUT2D eigenvalue weighted by Gasteiger charge is -2.33. The van der Waals surface area contributed by atoms with E-state index < -0.39 is 156 Å². The molecule has 17 N–H and O–H groups in total. The molecule has 2 aromatic heterocycles. The van der Waals surface area contributed by atoms with Crippen LogP contribution in [0.2, 0.25) is 0 Å². The molecule has 4 aromatic carbocycles. The third kappa shape index (κ3) is 22.7. The average Bonchev–Trinajstić information content (AvgIpc) is 1.61. The van der Waals surface area contributed by atoms with E-state index in [1.165, 1.54) is 84.3 Å². The smallest absolute Gasteiger partial charge is 0.305 e. The quantitative estimate of drug-likeness (QED) is 0.0616. The predicted molar refractivity (Wildman–Crippen MR) is 404 cm³/mol. The summed E-state index contributed by atoms with van der Waals surface area (Å²) in [6, 6.07) is 9.89. The van der Waals surface area contributed by atoms with Crippen LogP contribution < -0.4 is 69.4 Å². The Morgan fingerprint density at radius 2 is 1.22 bits per heavy atom. The Kier molecular flexibility index (Phi) is 29.2.